The molecule has 45 heavy (non-hydrogen) atoms. The molecule has 10 heteroatoms. The van der Waals surface area contributed by atoms with E-state index in [1.54, 1.807) is 26.0 Å². The maximum Gasteiger partial charge on any atom is 0.338 e. The van der Waals surface area contributed by atoms with Gasteiger partial charge in [-0.1, -0.05) is 98.7 Å². The Kier molecular flexibility index (Phi) is 9.79. The van der Waals surface area contributed by atoms with Crippen molar-refractivity contribution in [2.45, 2.75) is 65.1 Å². The summed E-state index contributed by atoms with van der Waals surface area (Å²) in [5.41, 5.74) is -0.488. The monoisotopic (exact) mass is 652 g/mol. The Labute approximate surface area is 268 Å². The third-order valence-electron chi connectivity index (χ3n) is 8.98. The van der Waals surface area contributed by atoms with E-state index in [0.29, 0.717) is 19.0 Å². The summed E-state index contributed by atoms with van der Waals surface area (Å²) in [5.74, 6) is 0.159. The molecule has 1 atom stereocenters. The third kappa shape index (κ3) is 6.84. The summed E-state index contributed by atoms with van der Waals surface area (Å²) in [6, 6.07) is 27.5. The Morgan fingerprint density at radius 1 is 0.911 bits per heavy atom. The Bertz CT molecular complexity index is 1460. The molecule has 0 radical (unpaired) electrons. The van der Waals surface area contributed by atoms with Crippen molar-refractivity contribution < 1.29 is 27.3 Å². The zero-order valence-corrected chi connectivity index (χ0v) is 29.2. The molecule has 1 aliphatic heterocycles. The van der Waals surface area contributed by atoms with Crippen LogP contribution in [0.1, 0.15) is 59.9 Å². The van der Waals surface area contributed by atoms with Gasteiger partial charge in [-0.2, -0.15) is 0 Å². The van der Waals surface area contributed by atoms with Crippen molar-refractivity contribution in [2.75, 3.05) is 32.5 Å². The minimum atomic E-state index is -3.49. The minimum absolute atomic E-state index is 0.0306. The summed E-state index contributed by atoms with van der Waals surface area (Å²) in [6.45, 7) is 13.9. The Hall–Kier alpha value is -2.81. The molecule has 1 saturated carbocycles. The zero-order chi connectivity index (χ0) is 32.3. The molecule has 3 aromatic rings. The standard InChI is InChI=1S/C35H46FN2O5PSi/c1-7-40-44(39,41-8-2)25-32-37-43-34(6,28-19-21-29(36)22-20-28)38(32)26-35(23-24-35)27-42-45(33(3,4)5,30-15-11-9-12-16-30)31-17-13-10-14-18-31/h9-22H,7-8,23-27H2,1-6H3. The SMILES string of the molecule is CCOP(=O)(CC1=NOC(C)(c2ccc(F)cc2)N1CC1(CO[Si](c2ccccc2)(c2ccccc2)C(C)(C)C)CC1)OCC. The average molecular weight is 653 g/mol. The fourth-order valence-corrected chi connectivity index (χ4v) is 12.7. The second-order valence-corrected chi connectivity index (χ2v) is 19.6. The normalized spacial score (nSPS) is 19.7. The average Bonchev–Trinajstić information content (AvgIpc) is 3.72. The van der Waals surface area contributed by atoms with Gasteiger partial charge in [0.15, 0.2) is 5.84 Å². The molecule has 1 aliphatic carbocycles. The van der Waals surface area contributed by atoms with Crippen LogP contribution in [-0.4, -0.2) is 51.6 Å². The lowest BCUT2D eigenvalue weighted by atomic mass is 9.99. The smallest absolute Gasteiger partial charge is 0.338 e. The maximum atomic E-state index is 14.0. The van der Waals surface area contributed by atoms with Gasteiger partial charge in [0.05, 0.1) is 13.2 Å². The van der Waals surface area contributed by atoms with Crippen molar-refractivity contribution in [3.05, 3.63) is 96.3 Å². The molecular formula is C35H46FN2O5PSi. The first-order valence-electron chi connectivity index (χ1n) is 15.8. The highest BCUT2D eigenvalue weighted by atomic mass is 31.2. The highest BCUT2D eigenvalue weighted by Gasteiger charge is 2.56. The second kappa shape index (κ2) is 13.1. The Balaban J connectivity index is 1.50. The number of hydrogen-bond donors (Lipinski definition) is 0. The molecule has 0 saturated heterocycles. The van der Waals surface area contributed by atoms with Crippen molar-refractivity contribution >= 4 is 32.1 Å². The van der Waals surface area contributed by atoms with E-state index in [1.165, 1.54) is 22.5 Å². The number of benzene rings is 3. The summed E-state index contributed by atoms with van der Waals surface area (Å²) in [5, 5.41) is 6.77. The molecule has 1 unspecified atom stereocenters. The fourth-order valence-electron chi connectivity index (χ4n) is 6.39. The number of halogens is 1. The van der Waals surface area contributed by atoms with E-state index in [0.717, 1.165) is 18.4 Å². The van der Waals surface area contributed by atoms with E-state index in [1.807, 2.05) is 19.1 Å². The van der Waals surface area contributed by atoms with Crippen LogP contribution in [0.25, 0.3) is 0 Å². The van der Waals surface area contributed by atoms with Crippen LogP contribution >= 0.6 is 7.60 Å². The lowest BCUT2D eigenvalue weighted by molar-refractivity contribution is -0.0973. The molecule has 0 bridgehead atoms. The van der Waals surface area contributed by atoms with Crippen LogP contribution in [-0.2, 0) is 28.6 Å². The van der Waals surface area contributed by atoms with Gasteiger partial charge in [-0.3, -0.25) is 4.57 Å². The summed E-state index contributed by atoms with van der Waals surface area (Å²) in [6.07, 6.45) is 1.89. The van der Waals surface area contributed by atoms with Gasteiger partial charge in [0, 0.05) is 31.1 Å². The maximum absolute atomic E-state index is 14.0. The van der Waals surface area contributed by atoms with Gasteiger partial charge in [-0.15, -0.1) is 0 Å². The molecule has 0 spiro atoms. The van der Waals surface area contributed by atoms with Crippen molar-refractivity contribution in [1.82, 2.24) is 4.90 Å². The van der Waals surface area contributed by atoms with Gasteiger partial charge in [-0.25, -0.2) is 4.39 Å². The van der Waals surface area contributed by atoms with Gasteiger partial charge in [0.1, 0.15) is 12.0 Å². The molecule has 2 aliphatic rings. The topological polar surface area (TPSA) is 69.6 Å². The summed E-state index contributed by atoms with van der Waals surface area (Å²) in [7, 11) is -6.25. The fraction of sp³-hybridized carbons (Fsp3) is 0.457. The molecule has 0 amide bonds. The third-order valence-corrected chi connectivity index (χ3v) is 15.9. The van der Waals surface area contributed by atoms with Crippen LogP contribution in [0, 0.1) is 11.2 Å². The van der Waals surface area contributed by atoms with Crippen LogP contribution in [0.3, 0.4) is 0 Å². The number of hydrogen-bond acceptors (Lipinski definition) is 7. The number of rotatable bonds is 14. The lowest BCUT2D eigenvalue weighted by Gasteiger charge is -2.44. The minimum Gasteiger partial charge on any atom is -0.407 e. The summed E-state index contributed by atoms with van der Waals surface area (Å²) < 4.78 is 46.3. The summed E-state index contributed by atoms with van der Waals surface area (Å²) in [4.78, 5) is 8.20. The predicted molar refractivity (Wildman–Crippen MR) is 180 cm³/mol. The van der Waals surface area contributed by atoms with E-state index >= 15 is 0 Å². The molecule has 7 nitrogen and oxygen atoms in total. The Morgan fingerprint density at radius 3 is 1.91 bits per heavy atom. The largest absolute Gasteiger partial charge is 0.407 e. The first kappa shape index (κ1) is 33.5. The predicted octanol–water partition coefficient (Wildman–Crippen LogP) is 7.27. The molecular weight excluding hydrogens is 606 g/mol. The van der Waals surface area contributed by atoms with Crippen LogP contribution in [0.4, 0.5) is 4.39 Å². The molecule has 242 valence electrons. The van der Waals surface area contributed by atoms with Crippen LogP contribution < -0.4 is 10.4 Å². The van der Waals surface area contributed by atoms with Crippen LogP contribution in [0.5, 0.6) is 0 Å². The lowest BCUT2D eigenvalue weighted by Crippen LogP contribution is -2.67. The molecule has 1 fully saturated rings. The van der Waals surface area contributed by atoms with E-state index in [-0.39, 0.29) is 35.6 Å². The Morgan fingerprint density at radius 2 is 1.44 bits per heavy atom. The highest BCUT2D eigenvalue weighted by molar-refractivity contribution is 7.54. The number of oxime groups is 1. The number of amidine groups is 1. The summed E-state index contributed by atoms with van der Waals surface area (Å²) >= 11 is 0. The highest BCUT2D eigenvalue weighted by Crippen LogP contribution is 2.53. The first-order chi connectivity index (χ1) is 21.4. The van der Waals surface area contributed by atoms with E-state index in [2.05, 4.69) is 79.4 Å². The van der Waals surface area contributed by atoms with Crippen molar-refractivity contribution in [3.8, 4) is 0 Å². The van der Waals surface area contributed by atoms with Crippen molar-refractivity contribution in [3.63, 3.8) is 0 Å². The zero-order valence-electron chi connectivity index (χ0n) is 27.3. The van der Waals surface area contributed by atoms with Crippen LogP contribution in [0.15, 0.2) is 90.1 Å². The second-order valence-electron chi connectivity index (χ2n) is 13.2. The van der Waals surface area contributed by atoms with E-state index < -0.39 is 21.6 Å². The van der Waals surface area contributed by atoms with Gasteiger partial charge >= 0.3 is 7.60 Å². The van der Waals surface area contributed by atoms with Crippen molar-refractivity contribution in [2.24, 2.45) is 10.6 Å². The van der Waals surface area contributed by atoms with Gasteiger partial charge in [-0.05, 0) is 54.2 Å². The van der Waals surface area contributed by atoms with E-state index in [4.69, 9.17) is 18.3 Å². The molecule has 5 rings (SSSR count). The van der Waals surface area contributed by atoms with Gasteiger partial charge < -0.3 is 23.2 Å². The van der Waals surface area contributed by atoms with Crippen LogP contribution in [0.2, 0.25) is 5.04 Å². The quantitative estimate of drug-likeness (QED) is 0.135. The van der Waals surface area contributed by atoms with Gasteiger partial charge in [0.2, 0.25) is 5.72 Å². The first-order valence-corrected chi connectivity index (χ1v) is 19.5. The van der Waals surface area contributed by atoms with Gasteiger partial charge in [0.25, 0.3) is 8.32 Å². The molecule has 1 heterocycles. The van der Waals surface area contributed by atoms with E-state index in [9.17, 15) is 8.96 Å². The molecule has 0 N–H and O–H groups in total. The number of nitrogens with zero attached hydrogens (tertiary/aromatic N) is 2. The van der Waals surface area contributed by atoms with Crippen molar-refractivity contribution in [1.29, 1.82) is 0 Å². The molecule has 0 aromatic heterocycles. The molecule has 3 aromatic carbocycles.